The summed E-state index contributed by atoms with van der Waals surface area (Å²) in [5.74, 6) is 0.865. The lowest BCUT2D eigenvalue weighted by Gasteiger charge is -2.12. The van der Waals surface area contributed by atoms with Crippen molar-refractivity contribution in [2.24, 2.45) is 17.8 Å². The largest absolute Gasteiger partial charge is 0.481 e. The first-order valence-electron chi connectivity index (χ1n) is 5.32. The molecular weight excluding hydrogens is 164 g/mol. The van der Waals surface area contributed by atoms with Gasteiger partial charge in [-0.3, -0.25) is 4.79 Å². The van der Waals surface area contributed by atoms with Crippen LogP contribution in [0.15, 0.2) is 0 Å². The van der Waals surface area contributed by atoms with Crippen molar-refractivity contribution in [3.8, 4) is 0 Å². The van der Waals surface area contributed by atoms with E-state index in [1.54, 1.807) is 6.92 Å². The van der Waals surface area contributed by atoms with Crippen LogP contribution in [0.5, 0.6) is 0 Å². The Morgan fingerprint density at radius 3 is 2.46 bits per heavy atom. The highest BCUT2D eigenvalue weighted by Gasteiger charge is 2.23. The van der Waals surface area contributed by atoms with Gasteiger partial charge in [-0.1, -0.05) is 26.7 Å². The standard InChI is InChI=1S/C11H20O2/c1-8(7-10-5-6-10)3-4-9(2)11(12)13/h8-10H,3-7H2,1-2H3,(H,12,13). The van der Waals surface area contributed by atoms with E-state index in [-0.39, 0.29) is 5.92 Å². The number of hydrogen-bond acceptors (Lipinski definition) is 1. The predicted octanol–water partition coefficient (Wildman–Crippen LogP) is 2.92. The van der Waals surface area contributed by atoms with Crippen LogP contribution in [0.25, 0.3) is 0 Å². The molecule has 2 nitrogen and oxygen atoms in total. The zero-order chi connectivity index (χ0) is 9.84. The molecule has 0 spiro atoms. The summed E-state index contributed by atoms with van der Waals surface area (Å²) >= 11 is 0. The molecule has 13 heavy (non-hydrogen) atoms. The van der Waals surface area contributed by atoms with E-state index in [1.807, 2.05) is 0 Å². The van der Waals surface area contributed by atoms with Crippen LogP contribution < -0.4 is 0 Å². The summed E-state index contributed by atoms with van der Waals surface area (Å²) in [4.78, 5) is 10.5. The Morgan fingerprint density at radius 1 is 1.38 bits per heavy atom. The van der Waals surface area contributed by atoms with Crippen molar-refractivity contribution in [2.45, 2.75) is 46.0 Å². The maximum absolute atomic E-state index is 10.5. The van der Waals surface area contributed by atoms with Crippen molar-refractivity contribution in [3.63, 3.8) is 0 Å². The van der Waals surface area contributed by atoms with Crippen LogP contribution >= 0.6 is 0 Å². The van der Waals surface area contributed by atoms with Gasteiger partial charge in [-0.05, 0) is 31.1 Å². The molecule has 0 aromatic carbocycles. The molecule has 0 aromatic heterocycles. The Labute approximate surface area is 80.3 Å². The molecule has 1 fully saturated rings. The Hall–Kier alpha value is -0.530. The molecule has 1 N–H and O–H groups in total. The third-order valence-electron chi connectivity index (χ3n) is 2.95. The van der Waals surface area contributed by atoms with E-state index in [1.165, 1.54) is 19.3 Å². The molecular formula is C11H20O2. The second kappa shape index (κ2) is 4.64. The number of carbonyl (C=O) groups is 1. The van der Waals surface area contributed by atoms with Crippen molar-refractivity contribution in [1.29, 1.82) is 0 Å². The van der Waals surface area contributed by atoms with Crippen LogP contribution in [0.1, 0.15) is 46.0 Å². The monoisotopic (exact) mass is 184 g/mol. The molecule has 1 rings (SSSR count). The summed E-state index contributed by atoms with van der Waals surface area (Å²) in [6.45, 7) is 4.04. The van der Waals surface area contributed by atoms with Gasteiger partial charge in [0.2, 0.25) is 0 Å². The van der Waals surface area contributed by atoms with Crippen LogP contribution in [-0.2, 0) is 4.79 Å². The minimum atomic E-state index is -0.654. The molecule has 0 aliphatic heterocycles. The van der Waals surface area contributed by atoms with E-state index < -0.39 is 5.97 Å². The van der Waals surface area contributed by atoms with Gasteiger partial charge < -0.3 is 5.11 Å². The molecule has 0 amide bonds. The third kappa shape index (κ3) is 4.30. The van der Waals surface area contributed by atoms with Crippen LogP contribution in [0.3, 0.4) is 0 Å². The van der Waals surface area contributed by atoms with Gasteiger partial charge in [0.1, 0.15) is 0 Å². The molecule has 1 aliphatic rings. The topological polar surface area (TPSA) is 37.3 Å². The summed E-state index contributed by atoms with van der Waals surface area (Å²) in [7, 11) is 0. The summed E-state index contributed by atoms with van der Waals surface area (Å²) in [6, 6.07) is 0. The molecule has 2 heteroatoms. The van der Waals surface area contributed by atoms with Crippen LogP contribution in [-0.4, -0.2) is 11.1 Å². The van der Waals surface area contributed by atoms with Crippen LogP contribution in [0.2, 0.25) is 0 Å². The van der Waals surface area contributed by atoms with Crippen molar-refractivity contribution in [2.75, 3.05) is 0 Å². The van der Waals surface area contributed by atoms with Gasteiger partial charge in [0.15, 0.2) is 0 Å². The molecule has 0 radical (unpaired) electrons. The number of hydrogen-bond donors (Lipinski definition) is 1. The average molecular weight is 184 g/mol. The van der Waals surface area contributed by atoms with Gasteiger partial charge in [0, 0.05) is 0 Å². The third-order valence-corrected chi connectivity index (χ3v) is 2.95. The number of carboxylic acid groups (broad SMARTS) is 1. The van der Waals surface area contributed by atoms with E-state index in [4.69, 9.17) is 5.11 Å². The highest BCUT2D eigenvalue weighted by atomic mass is 16.4. The maximum atomic E-state index is 10.5. The second-order valence-electron chi connectivity index (χ2n) is 4.60. The molecule has 2 unspecified atom stereocenters. The van der Waals surface area contributed by atoms with Gasteiger partial charge in [0.05, 0.1) is 5.92 Å². The highest BCUT2D eigenvalue weighted by molar-refractivity contribution is 5.69. The Morgan fingerprint density at radius 2 is 2.00 bits per heavy atom. The number of carboxylic acids is 1. The summed E-state index contributed by atoms with van der Waals surface area (Å²) in [6.07, 6.45) is 6.02. The SMILES string of the molecule is CC(CCC(C)C(=O)O)CC1CC1. The fourth-order valence-corrected chi connectivity index (χ4v) is 1.70. The molecule has 0 aromatic rings. The Bertz CT molecular complexity index is 173. The lowest BCUT2D eigenvalue weighted by molar-refractivity contribution is -0.141. The lowest BCUT2D eigenvalue weighted by atomic mass is 9.94. The smallest absolute Gasteiger partial charge is 0.306 e. The molecule has 1 saturated carbocycles. The number of aliphatic carboxylic acids is 1. The normalized spacial score (nSPS) is 21.1. The van der Waals surface area contributed by atoms with Crippen LogP contribution in [0.4, 0.5) is 0 Å². The molecule has 0 heterocycles. The predicted molar refractivity (Wildman–Crippen MR) is 52.5 cm³/mol. The van der Waals surface area contributed by atoms with E-state index in [9.17, 15) is 4.79 Å². The van der Waals surface area contributed by atoms with Gasteiger partial charge >= 0.3 is 5.97 Å². The zero-order valence-corrected chi connectivity index (χ0v) is 8.62. The Kier molecular flexibility index (Phi) is 3.76. The first kappa shape index (κ1) is 10.6. The summed E-state index contributed by atoms with van der Waals surface area (Å²) < 4.78 is 0. The first-order chi connectivity index (χ1) is 6.09. The van der Waals surface area contributed by atoms with E-state index in [2.05, 4.69) is 6.92 Å². The fraction of sp³-hybridized carbons (Fsp3) is 0.909. The van der Waals surface area contributed by atoms with E-state index in [0.29, 0.717) is 5.92 Å². The Balaban J connectivity index is 2.05. The van der Waals surface area contributed by atoms with Crippen molar-refractivity contribution in [1.82, 2.24) is 0 Å². The summed E-state index contributed by atoms with van der Waals surface area (Å²) in [5.41, 5.74) is 0. The maximum Gasteiger partial charge on any atom is 0.306 e. The van der Waals surface area contributed by atoms with E-state index >= 15 is 0 Å². The minimum absolute atomic E-state index is 0.165. The molecule has 0 saturated heterocycles. The van der Waals surface area contributed by atoms with Crippen molar-refractivity contribution >= 4 is 5.97 Å². The lowest BCUT2D eigenvalue weighted by Crippen LogP contribution is -2.10. The molecule has 2 atom stereocenters. The van der Waals surface area contributed by atoms with Crippen LogP contribution in [0, 0.1) is 17.8 Å². The fourth-order valence-electron chi connectivity index (χ4n) is 1.70. The van der Waals surface area contributed by atoms with Crippen molar-refractivity contribution < 1.29 is 9.90 Å². The van der Waals surface area contributed by atoms with E-state index in [0.717, 1.165) is 18.8 Å². The minimum Gasteiger partial charge on any atom is -0.481 e. The van der Waals surface area contributed by atoms with Gasteiger partial charge in [-0.2, -0.15) is 0 Å². The second-order valence-corrected chi connectivity index (χ2v) is 4.60. The quantitative estimate of drug-likeness (QED) is 0.689. The molecule has 1 aliphatic carbocycles. The van der Waals surface area contributed by atoms with Gasteiger partial charge in [-0.15, -0.1) is 0 Å². The van der Waals surface area contributed by atoms with Crippen molar-refractivity contribution in [3.05, 3.63) is 0 Å². The highest BCUT2D eigenvalue weighted by Crippen LogP contribution is 2.36. The number of rotatable bonds is 6. The summed E-state index contributed by atoms with van der Waals surface area (Å²) in [5, 5.41) is 8.69. The zero-order valence-electron chi connectivity index (χ0n) is 8.62. The molecule has 76 valence electrons. The average Bonchev–Trinajstić information content (AvgIpc) is 2.83. The van der Waals surface area contributed by atoms with Gasteiger partial charge in [-0.25, -0.2) is 0 Å². The first-order valence-corrected chi connectivity index (χ1v) is 5.32. The molecule has 0 bridgehead atoms. The van der Waals surface area contributed by atoms with Gasteiger partial charge in [0.25, 0.3) is 0 Å².